The summed E-state index contributed by atoms with van der Waals surface area (Å²) in [5.74, 6) is -0.0618. The minimum Gasteiger partial charge on any atom is -0.368 e. The maximum Gasteiger partial charge on any atom is 0.253 e. The number of piperazine rings is 1. The van der Waals surface area contributed by atoms with Crippen molar-refractivity contribution in [1.29, 1.82) is 0 Å². The predicted octanol–water partition coefficient (Wildman–Crippen LogP) is 2.21. The van der Waals surface area contributed by atoms with Gasteiger partial charge in [-0.2, -0.15) is 0 Å². The molecular weight excluding hydrogens is 362 g/mol. The summed E-state index contributed by atoms with van der Waals surface area (Å²) in [6.45, 7) is 4.94. The van der Waals surface area contributed by atoms with E-state index < -0.39 is 10.0 Å². The third kappa shape index (κ3) is 3.99. The molecule has 1 fully saturated rings. The summed E-state index contributed by atoms with van der Waals surface area (Å²) >= 11 is 0. The second-order valence-electron chi connectivity index (χ2n) is 6.88. The first-order valence-corrected chi connectivity index (χ1v) is 10.4. The highest BCUT2D eigenvalue weighted by molar-refractivity contribution is 7.89. The van der Waals surface area contributed by atoms with Crippen LogP contribution in [0.5, 0.6) is 0 Å². The molecule has 0 saturated carbocycles. The van der Waals surface area contributed by atoms with Crippen LogP contribution in [0.4, 0.5) is 5.69 Å². The Bertz CT molecular complexity index is 916. The van der Waals surface area contributed by atoms with E-state index in [1.54, 1.807) is 12.1 Å². The predicted molar refractivity (Wildman–Crippen MR) is 107 cm³/mol. The lowest BCUT2D eigenvalue weighted by atomic mass is 10.1. The number of rotatable bonds is 4. The van der Waals surface area contributed by atoms with Crippen molar-refractivity contribution in [2.45, 2.75) is 11.8 Å². The van der Waals surface area contributed by atoms with Crippen molar-refractivity contribution in [3.05, 3.63) is 59.7 Å². The molecule has 0 radical (unpaired) electrons. The molecule has 27 heavy (non-hydrogen) atoms. The molecule has 1 aliphatic rings. The van der Waals surface area contributed by atoms with Crippen LogP contribution >= 0.6 is 0 Å². The highest BCUT2D eigenvalue weighted by Gasteiger charge is 2.24. The molecular formula is C20H25N3O3S. The minimum absolute atomic E-state index is 0.0618. The Morgan fingerprint density at radius 1 is 0.926 bits per heavy atom. The molecule has 0 spiro atoms. The molecule has 0 bridgehead atoms. The van der Waals surface area contributed by atoms with E-state index in [4.69, 9.17) is 0 Å². The van der Waals surface area contributed by atoms with E-state index in [1.165, 1.54) is 37.5 Å². The molecule has 1 saturated heterocycles. The molecule has 0 N–H and O–H groups in total. The fourth-order valence-electron chi connectivity index (χ4n) is 3.23. The van der Waals surface area contributed by atoms with Crippen LogP contribution in [0.25, 0.3) is 0 Å². The number of anilines is 1. The second-order valence-corrected chi connectivity index (χ2v) is 9.03. The number of carbonyl (C=O) groups is 1. The summed E-state index contributed by atoms with van der Waals surface area (Å²) in [6.07, 6.45) is 0. The Morgan fingerprint density at radius 3 is 2.07 bits per heavy atom. The Morgan fingerprint density at radius 2 is 1.52 bits per heavy atom. The summed E-state index contributed by atoms with van der Waals surface area (Å²) in [7, 11) is -0.508. The van der Waals surface area contributed by atoms with Gasteiger partial charge in [0.1, 0.15) is 0 Å². The molecule has 7 heteroatoms. The Hall–Kier alpha value is -2.38. The molecule has 2 aromatic carbocycles. The maximum absolute atomic E-state index is 12.8. The number of amides is 1. The van der Waals surface area contributed by atoms with Crippen LogP contribution in [0.15, 0.2) is 53.4 Å². The Labute approximate surface area is 161 Å². The number of para-hydroxylation sites is 1. The van der Waals surface area contributed by atoms with Crippen LogP contribution in [0, 0.1) is 6.92 Å². The van der Waals surface area contributed by atoms with Crippen molar-refractivity contribution in [2.75, 3.05) is 45.2 Å². The van der Waals surface area contributed by atoms with Gasteiger partial charge in [-0.05, 0) is 42.8 Å². The van der Waals surface area contributed by atoms with Gasteiger partial charge < -0.3 is 9.80 Å². The van der Waals surface area contributed by atoms with Gasteiger partial charge in [0, 0.05) is 51.5 Å². The molecule has 1 amide bonds. The zero-order valence-electron chi connectivity index (χ0n) is 15.9. The Kier molecular flexibility index (Phi) is 5.53. The van der Waals surface area contributed by atoms with Crippen molar-refractivity contribution in [2.24, 2.45) is 0 Å². The SMILES string of the molecule is Cc1ccccc1N1CCN(C(=O)c2ccc(S(=O)(=O)N(C)C)cc2)CC1. The number of hydrogen-bond acceptors (Lipinski definition) is 4. The smallest absolute Gasteiger partial charge is 0.253 e. The summed E-state index contributed by atoms with van der Waals surface area (Å²) in [4.78, 5) is 17.1. The topological polar surface area (TPSA) is 60.9 Å². The first kappa shape index (κ1) is 19.4. The van der Waals surface area contributed by atoms with Crippen molar-refractivity contribution >= 4 is 21.6 Å². The molecule has 0 aromatic heterocycles. The Balaban J connectivity index is 1.67. The van der Waals surface area contributed by atoms with Gasteiger partial charge in [0.15, 0.2) is 0 Å². The molecule has 144 valence electrons. The number of benzene rings is 2. The fourth-order valence-corrected chi connectivity index (χ4v) is 4.13. The molecule has 0 aliphatic carbocycles. The number of nitrogens with zero attached hydrogens (tertiary/aromatic N) is 3. The number of aryl methyl sites for hydroxylation is 1. The molecule has 6 nitrogen and oxygen atoms in total. The van der Waals surface area contributed by atoms with E-state index in [0.29, 0.717) is 18.7 Å². The van der Waals surface area contributed by atoms with Gasteiger partial charge in [-0.25, -0.2) is 12.7 Å². The number of carbonyl (C=O) groups excluding carboxylic acids is 1. The molecule has 1 heterocycles. The molecule has 1 aliphatic heterocycles. The van der Waals surface area contributed by atoms with E-state index in [9.17, 15) is 13.2 Å². The summed E-state index contributed by atoms with van der Waals surface area (Å²) in [5.41, 5.74) is 2.95. The zero-order valence-corrected chi connectivity index (χ0v) is 16.7. The average Bonchev–Trinajstić information content (AvgIpc) is 2.68. The van der Waals surface area contributed by atoms with E-state index in [1.807, 2.05) is 17.0 Å². The van der Waals surface area contributed by atoms with E-state index in [0.717, 1.165) is 17.4 Å². The lowest BCUT2D eigenvalue weighted by Crippen LogP contribution is -2.49. The van der Waals surface area contributed by atoms with Crippen LogP contribution < -0.4 is 4.90 Å². The summed E-state index contributed by atoms with van der Waals surface area (Å²) in [6, 6.07) is 14.4. The highest BCUT2D eigenvalue weighted by Crippen LogP contribution is 2.22. The standard InChI is InChI=1S/C20H25N3O3S/c1-16-6-4-5-7-19(16)22-12-14-23(15-13-22)20(24)17-8-10-18(11-9-17)27(25,26)21(2)3/h4-11H,12-15H2,1-3H3. The van der Waals surface area contributed by atoms with Crippen LogP contribution in [-0.2, 0) is 10.0 Å². The second kappa shape index (κ2) is 7.70. The van der Waals surface area contributed by atoms with Gasteiger partial charge in [-0.15, -0.1) is 0 Å². The van der Waals surface area contributed by atoms with Gasteiger partial charge in [0.25, 0.3) is 5.91 Å². The van der Waals surface area contributed by atoms with E-state index in [2.05, 4.69) is 24.0 Å². The zero-order chi connectivity index (χ0) is 19.6. The molecule has 0 unspecified atom stereocenters. The third-order valence-corrected chi connectivity index (χ3v) is 6.73. The van der Waals surface area contributed by atoms with Gasteiger partial charge in [0.2, 0.25) is 10.0 Å². The minimum atomic E-state index is -3.48. The quantitative estimate of drug-likeness (QED) is 0.807. The molecule has 0 atom stereocenters. The van der Waals surface area contributed by atoms with Crippen LogP contribution in [-0.4, -0.2) is 63.8 Å². The van der Waals surface area contributed by atoms with Gasteiger partial charge in [-0.1, -0.05) is 18.2 Å². The summed E-state index contributed by atoms with van der Waals surface area (Å²) in [5, 5.41) is 0. The molecule has 3 rings (SSSR count). The number of sulfonamides is 1. The third-order valence-electron chi connectivity index (χ3n) is 4.90. The first-order chi connectivity index (χ1) is 12.8. The van der Waals surface area contributed by atoms with Gasteiger partial charge in [0.05, 0.1) is 4.90 Å². The summed E-state index contributed by atoms with van der Waals surface area (Å²) < 4.78 is 25.4. The van der Waals surface area contributed by atoms with Gasteiger partial charge in [-0.3, -0.25) is 4.79 Å². The van der Waals surface area contributed by atoms with Crippen molar-refractivity contribution in [3.63, 3.8) is 0 Å². The van der Waals surface area contributed by atoms with Crippen LogP contribution in [0.2, 0.25) is 0 Å². The largest absolute Gasteiger partial charge is 0.368 e. The number of hydrogen-bond donors (Lipinski definition) is 0. The maximum atomic E-state index is 12.8. The normalized spacial score (nSPS) is 15.3. The lowest BCUT2D eigenvalue weighted by Gasteiger charge is -2.36. The van der Waals surface area contributed by atoms with Crippen LogP contribution in [0.1, 0.15) is 15.9 Å². The monoisotopic (exact) mass is 387 g/mol. The van der Waals surface area contributed by atoms with Gasteiger partial charge >= 0.3 is 0 Å². The fraction of sp³-hybridized carbons (Fsp3) is 0.350. The first-order valence-electron chi connectivity index (χ1n) is 8.93. The molecule has 2 aromatic rings. The van der Waals surface area contributed by atoms with Crippen molar-refractivity contribution in [1.82, 2.24) is 9.21 Å². The average molecular weight is 388 g/mol. The van der Waals surface area contributed by atoms with Crippen molar-refractivity contribution < 1.29 is 13.2 Å². The lowest BCUT2D eigenvalue weighted by molar-refractivity contribution is 0.0746. The van der Waals surface area contributed by atoms with E-state index in [-0.39, 0.29) is 10.8 Å². The van der Waals surface area contributed by atoms with Crippen molar-refractivity contribution in [3.8, 4) is 0 Å². The van der Waals surface area contributed by atoms with E-state index >= 15 is 0 Å². The highest BCUT2D eigenvalue weighted by atomic mass is 32.2. The van der Waals surface area contributed by atoms with Crippen LogP contribution in [0.3, 0.4) is 0 Å².